The maximum atomic E-state index is 13.4. The van der Waals surface area contributed by atoms with Gasteiger partial charge in [0.2, 0.25) is 5.82 Å². The molecule has 0 amide bonds. The van der Waals surface area contributed by atoms with Crippen molar-refractivity contribution in [2.45, 2.75) is 32.7 Å². The SMILES string of the molecule is CCCCc1cn(-c2ccccc2N)c(=O)n1Cc1ccc(-c2ncccc2-c2nn[nH]n2)cc1. The summed E-state index contributed by atoms with van der Waals surface area (Å²) in [6.45, 7) is 2.62. The van der Waals surface area contributed by atoms with Crippen molar-refractivity contribution in [3.63, 3.8) is 0 Å². The van der Waals surface area contributed by atoms with Gasteiger partial charge in [0.15, 0.2) is 0 Å². The number of rotatable bonds is 8. The number of imidazole rings is 1. The van der Waals surface area contributed by atoms with E-state index >= 15 is 0 Å². The molecule has 35 heavy (non-hydrogen) atoms. The maximum Gasteiger partial charge on any atom is 0.333 e. The molecule has 0 fully saturated rings. The van der Waals surface area contributed by atoms with Crippen LogP contribution in [0.3, 0.4) is 0 Å². The number of nitrogens with one attached hydrogen (secondary N) is 1. The molecular formula is C26H26N8O. The highest BCUT2D eigenvalue weighted by molar-refractivity contribution is 5.76. The van der Waals surface area contributed by atoms with Crippen molar-refractivity contribution in [1.29, 1.82) is 0 Å². The van der Waals surface area contributed by atoms with Gasteiger partial charge in [-0.2, -0.15) is 5.21 Å². The Hall–Kier alpha value is -4.53. The minimum absolute atomic E-state index is 0.0952. The zero-order valence-corrected chi connectivity index (χ0v) is 19.4. The molecule has 0 atom stereocenters. The van der Waals surface area contributed by atoms with Crippen LogP contribution >= 0.6 is 0 Å². The second-order valence-electron chi connectivity index (χ2n) is 8.35. The van der Waals surface area contributed by atoms with Gasteiger partial charge < -0.3 is 5.73 Å². The van der Waals surface area contributed by atoms with Crippen LogP contribution in [0.25, 0.3) is 28.3 Å². The lowest BCUT2D eigenvalue weighted by atomic mass is 10.0. The number of nitrogens with zero attached hydrogens (tertiary/aromatic N) is 6. The molecule has 3 heterocycles. The molecule has 0 bridgehead atoms. The number of nitrogen functional groups attached to an aromatic ring is 1. The highest BCUT2D eigenvalue weighted by atomic mass is 16.1. The number of aromatic nitrogens is 7. The number of hydrogen-bond acceptors (Lipinski definition) is 6. The number of hydrogen-bond donors (Lipinski definition) is 2. The fourth-order valence-corrected chi connectivity index (χ4v) is 4.18. The van der Waals surface area contributed by atoms with E-state index in [0.29, 0.717) is 23.7 Å². The molecule has 0 aliphatic rings. The summed E-state index contributed by atoms with van der Waals surface area (Å²) in [5, 5.41) is 14.3. The molecule has 9 nitrogen and oxygen atoms in total. The highest BCUT2D eigenvalue weighted by Gasteiger charge is 2.15. The van der Waals surface area contributed by atoms with E-state index in [-0.39, 0.29) is 5.69 Å². The molecule has 3 N–H and O–H groups in total. The number of aromatic amines is 1. The first-order chi connectivity index (χ1) is 17.2. The molecular weight excluding hydrogens is 440 g/mol. The van der Waals surface area contributed by atoms with Gasteiger partial charge >= 0.3 is 5.69 Å². The lowest BCUT2D eigenvalue weighted by Crippen LogP contribution is -2.25. The van der Waals surface area contributed by atoms with Crippen LogP contribution in [0.1, 0.15) is 31.0 Å². The molecule has 3 aromatic heterocycles. The zero-order chi connectivity index (χ0) is 24.2. The summed E-state index contributed by atoms with van der Waals surface area (Å²) in [7, 11) is 0. The van der Waals surface area contributed by atoms with Crippen LogP contribution in [-0.2, 0) is 13.0 Å². The minimum atomic E-state index is -0.0952. The molecule has 0 spiro atoms. The minimum Gasteiger partial charge on any atom is -0.397 e. The van der Waals surface area contributed by atoms with E-state index in [1.54, 1.807) is 10.8 Å². The normalized spacial score (nSPS) is 11.1. The van der Waals surface area contributed by atoms with Gasteiger partial charge in [-0.15, -0.1) is 10.2 Å². The number of H-pyrrole nitrogens is 1. The van der Waals surface area contributed by atoms with E-state index in [4.69, 9.17) is 5.73 Å². The molecule has 0 saturated carbocycles. The number of benzene rings is 2. The Labute approximate surface area is 202 Å². The lowest BCUT2D eigenvalue weighted by molar-refractivity contribution is 0.674. The smallest absolute Gasteiger partial charge is 0.333 e. The lowest BCUT2D eigenvalue weighted by Gasteiger charge is -2.09. The third-order valence-electron chi connectivity index (χ3n) is 6.01. The van der Waals surface area contributed by atoms with Gasteiger partial charge in [-0.05, 0) is 47.9 Å². The Morgan fingerprint density at radius 1 is 1.03 bits per heavy atom. The fraction of sp³-hybridized carbons (Fsp3) is 0.192. The van der Waals surface area contributed by atoms with Crippen molar-refractivity contribution in [3.8, 4) is 28.3 Å². The number of unbranched alkanes of at least 4 members (excludes halogenated alkanes) is 1. The fourth-order valence-electron chi connectivity index (χ4n) is 4.18. The molecule has 9 heteroatoms. The van der Waals surface area contributed by atoms with Crippen molar-refractivity contribution < 1.29 is 0 Å². The van der Waals surface area contributed by atoms with Crippen molar-refractivity contribution in [1.82, 2.24) is 34.7 Å². The Morgan fingerprint density at radius 2 is 1.86 bits per heavy atom. The molecule has 0 unspecified atom stereocenters. The quantitative estimate of drug-likeness (QED) is 0.335. The largest absolute Gasteiger partial charge is 0.397 e. The van der Waals surface area contributed by atoms with Crippen LogP contribution in [-0.4, -0.2) is 34.7 Å². The first-order valence-corrected chi connectivity index (χ1v) is 11.6. The number of aryl methyl sites for hydroxylation is 1. The highest BCUT2D eigenvalue weighted by Crippen LogP contribution is 2.27. The summed E-state index contributed by atoms with van der Waals surface area (Å²) in [5.74, 6) is 0.491. The zero-order valence-electron chi connectivity index (χ0n) is 19.4. The number of para-hydroxylation sites is 2. The molecule has 5 rings (SSSR count). The van der Waals surface area contributed by atoms with Gasteiger partial charge in [0.1, 0.15) is 0 Å². The molecule has 0 aliphatic carbocycles. The average Bonchev–Trinajstić information content (AvgIpc) is 3.53. The van der Waals surface area contributed by atoms with Crippen molar-refractivity contribution in [2.75, 3.05) is 5.73 Å². The molecule has 0 saturated heterocycles. The monoisotopic (exact) mass is 466 g/mol. The number of tetrazole rings is 1. The van der Waals surface area contributed by atoms with Crippen LogP contribution in [0.2, 0.25) is 0 Å². The standard InChI is InChI=1S/C26H26N8O/c1-2-3-7-20-17-34(23-10-5-4-9-22(23)27)26(35)33(20)16-18-11-13-19(14-12-18)24-21(8-6-15-28-24)25-29-31-32-30-25/h4-6,8-15,17H,2-3,7,16,27H2,1H3,(H,29,30,31,32). The third kappa shape index (κ3) is 4.48. The summed E-state index contributed by atoms with van der Waals surface area (Å²) in [5.41, 5.74) is 11.9. The molecule has 176 valence electrons. The Morgan fingerprint density at radius 3 is 2.60 bits per heavy atom. The summed E-state index contributed by atoms with van der Waals surface area (Å²) < 4.78 is 3.49. The molecule has 0 aliphatic heterocycles. The van der Waals surface area contributed by atoms with Gasteiger partial charge in [-0.3, -0.25) is 14.1 Å². The molecule has 5 aromatic rings. The van der Waals surface area contributed by atoms with Crippen molar-refractivity contribution >= 4 is 5.69 Å². The number of anilines is 1. The predicted octanol–water partition coefficient (Wildman–Crippen LogP) is 3.85. The van der Waals surface area contributed by atoms with Gasteiger partial charge in [0.05, 0.1) is 23.6 Å². The van der Waals surface area contributed by atoms with Gasteiger partial charge in [-0.1, -0.05) is 49.7 Å². The Kier molecular flexibility index (Phi) is 6.21. The van der Waals surface area contributed by atoms with E-state index in [1.165, 1.54) is 0 Å². The Bertz CT molecular complexity index is 1480. The molecule has 2 aromatic carbocycles. The van der Waals surface area contributed by atoms with Crippen LogP contribution in [0.15, 0.2) is 77.9 Å². The van der Waals surface area contributed by atoms with Crippen molar-refractivity contribution in [3.05, 3.63) is 94.8 Å². The first-order valence-electron chi connectivity index (χ1n) is 11.6. The van der Waals surface area contributed by atoms with E-state index in [0.717, 1.165) is 47.3 Å². The van der Waals surface area contributed by atoms with Crippen LogP contribution in [0.4, 0.5) is 5.69 Å². The van der Waals surface area contributed by atoms with E-state index in [1.807, 2.05) is 71.4 Å². The summed E-state index contributed by atoms with van der Waals surface area (Å²) in [6, 6.07) is 19.2. The van der Waals surface area contributed by atoms with Gasteiger partial charge in [0.25, 0.3) is 0 Å². The van der Waals surface area contributed by atoms with E-state index in [2.05, 4.69) is 32.5 Å². The van der Waals surface area contributed by atoms with Crippen LogP contribution < -0.4 is 11.4 Å². The third-order valence-corrected chi connectivity index (χ3v) is 6.01. The van der Waals surface area contributed by atoms with Gasteiger partial charge in [0, 0.05) is 29.2 Å². The van der Waals surface area contributed by atoms with Crippen molar-refractivity contribution in [2.24, 2.45) is 0 Å². The topological polar surface area (TPSA) is 120 Å². The summed E-state index contributed by atoms with van der Waals surface area (Å²) >= 11 is 0. The van der Waals surface area contributed by atoms with E-state index in [9.17, 15) is 4.79 Å². The van der Waals surface area contributed by atoms with Crippen LogP contribution in [0, 0.1) is 0 Å². The summed E-state index contributed by atoms with van der Waals surface area (Å²) in [4.78, 5) is 17.9. The second-order valence-corrected chi connectivity index (χ2v) is 8.35. The van der Waals surface area contributed by atoms with Gasteiger partial charge in [-0.25, -0.2) is 4.79 Å². The molecule has 0 radical (unpaired) electrons. The number of pyridine rings is 1. The first kappa shape index (κ1) is 22.3. The maximum absolute atomic E-state index is 13.4. The Balaban J connectivity index is 1.47. The average molecular weight is 467 g/mol. The van der Waals surface area contributed by atoms with E-state index < -0.39 is 0 Å². The summed E-state index contributed by atoms with van der Waals surface area (Å²) in [6.07, 6.45) is 6.54. The number of nitrogens with two attached hydrogens (primary N) is 1. The predicted molar refractivity (Wildman–Crippen MR) is 135 cm³/mol. The van der Waals surface area contributed by atoms with Crippen LogP contribution in [0.5, 0.6) is 0 Å². The second kappa shape index (κ2) is 9.76.